The molecule has 2 aromatic rings. The lowest BCUT2D eigenvalue weighted by Gasteiger charge is -2.17. The van der Waals surface area contributed by atoms with Crippen molar-refractivity contribution in [2.75, 3.05) is 0 Å². The smallest absolute Gasteiger partial charge is 0.0980 e. The molecule has 0 bridgehead atoms. The first-order valence-electron chi connectivity index (χ1n) is 7.60. The third kappa shape index (κ3) is 6.60. The van der Waals surface area contributed by atoms with Gasteiger partial charge in [0.05, 0.1) is 34.4 Å². The van der Waals surface area contributed by atoms with E-state index in [9.17, 15) is 0 Å². The summed E-state index contributed by atoms with van der Waals surface area (Å²) in [6.45, 7) is 4.26. The van der Waals surface area contributed by atoms with E-state index in [4.69, 9.17) is 8.37 Å². The average molecular weight is 351 g/mol. The van der Waals surface area contributed by atoms with E-state index < -0.39 is 0 Å². The van der Waals surface area contributed by atoms with E-state index in [2.05, 4.69) is 38.1 Å². The molecule has 0 spiro atoms. The molecule has 0 amide bonds. The average Bonchev–Trinajstić information content (AvgIpc) is 2.60. The van der Waals surface area contributed by atoms with Gasteiger partial charge < -0.3 is 0 Å². The molecule has 2 unspecified atom stereocenters. The zero-order chi connectivity index (χ0) is 15.6. The standard InChI is InChI=1S/C18H22O2S2.CH4/c1-3-17(15-11-7-5-8-12-15)19-21-22-20-18(4-2)16-13-9-6-10-14-16;/h5-14,17-18H,3-4H2,1-2H3;1H4. The van der Waals surface area contributed by atoms with E-state index in [-0.39, 0.29) is 19.6 Å². The maximum absolute atomic E-state index is 5.86. The van der Waals surface area contributed by atoms with Gasteiger partial charge in [-0.1, -0.05) is 81.9 Å². The van der Waals surface area contributed by atoms with E-state index in [0.29, 0.717) is 0 Å². The second kappa shape index (κ2) is 11.6. The van der Waals surface area contributed by atoms with Crippen molar-refractivity contribution in [3.8, 4) is 0 Å². The highest BCUT2D eigenvalue weighted by atomic mass is 33.1. The molecule has 0 heterocycles. The van der Waals surface area contributed by atoms with Crippen LogP contribution in [-0.2, 0) is 8.37 Å². The van der Waals surface area contributed by atoms with Crippen molar-refractivity contribution in [2.45, 2.75) is 46.3 Å². The maximum Gasteiger partial charge on any atom is 0.0980 e. The van der Waals surface area contributed by atoms with Gasteiger partial charge in [0, 0.05) is 0 Å². The highest BCUT2D eigenvalue weighted by Crippen LogP contribution is 2.37. The third-order valence-electron chi connectivity index (χ3n) is 3.42. The summed E-state index contributed by atoms with van der Waals surface area (Å²) in [4.78, 5) is 0. The summed E-state index contributed by atoms with van der Waals surface area (Å²) in [5, 5.41) is 0. The summed E-state index contributed by atoms with van der Waals surface area (Å²) in [5.41, 5.74) is 2.40. The van der Waals surface area contributed by atoms with Gasteiger partial charge in [-0.2, -0.15) is 0 Å². The van der Waals surface area contributed by atoms with Crippen LogP contribution in [0.1, 0.15) is 57.5 Å². The predicted octanol–water partition coefficient (Wildman–Crippen LogP) is 7.17. The van der Waals surface area contributed by atoms with E-state index in [1.807, 2.05) is 36.4 Å². The van der Waals surface area contributed by atoms with Crippen LogP contribution in [-0.4, -0.2) is 0 Å². The first-order valence-corrected chi connectivity index (χ1v) is 9.60. The van der Waals surface area contributed by atoms with Gasteiger partial charge >= 0.3 is 0 Å². The van der Waals surface area contributed by atoms with E-state index in [1.54, 1.807) is 0 Å². The van der Waals surface area contributed by atoms with Crippen LogP contribution in [0, 0.1) is 0 Å². The van der Waals surface area contributed by atoms with Crippen LogP contribution in [0.4, 0.5) is 0 Å². The van der Waals surface area contributed by atoms with Crippen molar-refractivity contribution in [3.05, 3.63) is 71.8 Å². The van der Waals surface area contributed by atoms with Crippen LogP contribution in [0.5, 0.6) is 0 Å². The normalized spacial score (nSPS) is 13.1. The van der Waals surface area contributed by atoms with Crippen molar-refractivity contribution in [3.63, 3.8) is 0 Å². The summed E-state index contributed by atoms with van der Waals surface area (Å²) in [6, 6.07) is 20.6. The van der Waals surface area contributed by atoms with Crippen molar-refractivity contribution >= 4 is 22.1 Å². The Balaban J connectivity index is 0.00000264. The second-order valence-corrected chi connectivity index (χ2v) is 6.42. The van der Waals surface area contributed by atoms with Gasteiger partial charge in [-0.05, 0) is 24.0 Å². The number of rotatable bonds is 9. The lowest BCUT2D eigenvalue weighted by molar-refractivity contribution is 0.236. The van der Waals surface area contributed by atoms with Crippen LogP contribution in [0.15, 0.2) is 60.7 Å². The Morgan fingerprint density at radius 1 is 0.696 bits per heavy atom. The van der Waals surface area contributed by atoms with E-state index in [0.717, 1.165) is 12.8 Å². The Morgan fingerprint density at radius 2 is 1.04 bits per heavy atom. The van der Waals surface area contributed by atoms with Gasteiger partial charge in [0.25, 0.3) is 0 Å². The van der Waals surface area contributed by atoms with Crippen LogP contribution in [0.25, 0.3) is 0 Å². The molecule has 0 aliphatic heterocycles. The fourth-order valence-electron chi connectivity index (χ4n) is 2.18. The van der Waals surface area contributed by atoms with Gasteiger partial charge in [0.2, 0.25) is 0 Å². The summed E-state index contributed by atoms with van der Waals surface area (Å²) in [5.74, 6) is 0. The maximum atomic E-state index is 5.86. The van der Waals surface area contributed by atoms with Crippen molar-refractivity contribution in [2.24, 2.45) is 0 Å². The van der Waals surface area contributed by atoms with Crippen LogP contribution in [0.2, 0.25) is 0 Å². The van der Waals surface area contributed by atoms with Crippen molar-refractivity contribution in [1.82, 2.24) is 0 Å². The molecule has 4 heteroatoms. The SMILES string of the molecule is C.CCC(OSSOC(CC)c1ccccc1)c1ccccc1. The summed E-state index contributed by atoms with van der Waals surface area (Å²) >= 11 is 2.63. The summed E-state index contributed by atoms with van der Waals surface area (Å²) in [6.07, 6.45) is 2.07. The first-order chi connectivity index (χ1) is 10.8. The van der Waals surface area contributed by atoms with E-state index in [1.165, 1.54) is 33.3 Å². The summed E-state index contributed by atoms with van der Waals surface area (Å²) in [7, 11) is 0. The minimum absolute atomic E-state index is 0. The molecular weight excluding hydrogens is 324 g/mol. The minimum Gasteiger partial charge on any atom is -0.295 e. The number of hydrogen-bond acceptors (Lipinski definition) is 4. The third-order valence-corrected chi connectivity index (χ3v) is 4.74. The second-order valence-electron chi connectivity index (χ2n) is 4.94. The molecule has 0 saturated heterocycles. The number of benzene rings is 2. The molecule has 23 heavy (non-hydrogen) atoms. The van der Waals surface area contributed by atoms with Crippen LogP contribution < -0.4 is 0 Å². The van der Waals surface area contributed by atoms with Gasteiger partial charge in [-0.3, -0.25) is 8.37 Å². The highest BCUT2D eigenvalue weighted by molar-refractivity contribution is 8.73. The monoisotopic (exact) mass is 350 g/mol. The molecule has 0 aromatic heterocycles. The zero-order valence-corrected chi connectivity index (χ0v) is 14.6. The number of hydrogen-bond donors (Lipinski definition) is 0. The molecule has 0 aliphatic carbocycles. The Hall–Kier alpha value is -0.940. The van der Waals surface area contributed by atoms with Crippen LogP contribution in [0.3, 0.4) is 0 Å². The first kappa shape index (κ1) is 20.1. The van der Waals surface area contributed by atoms with E-state index >= 15 is 0 Å². The molecule has 126 valence electrons. The molecule has 0 N–H and O–H groups in total. The summed E-state index contributed by atoms with van der Waals surface area (Å²) < 4.78 is 11.7. The molecule has 0 aliphatic rings. The fourth-order valence-corrected chi connectivity index (χ4v) is 3.69. The minimum atomic E-state index is 0. The van der Waals surface area contributed by atoms with Gasteiger partial charge in [-0.15, -0.1) is 0 Å². The predicted molar refractivity (Wildman–Crippen MR) is 103 cm³/mol. The van der Waals surface area contributed by atoms with Gasteiger partial charge in [0.1, 0.15) is 0 Å². The van der Waals surface area contributed by atoms with Gasteiger partial charge in [0.15, 0.2) is 0 Å². The quantitative estimate of drug-likeness (QED) is 0.271. The molecular formula is C19H26O2S2. The topological polar surface area (TPSA) is 18.5 Å². The lowest BCUT2D eigenvalue weighted by Crippen LogP contribution is -1.99. The Labute approximate surface area is 148 Å². The fraction of sp³-hybridized carbons (Fsp3) is 0.368. The van der Waals surface area contributed by atoms with Crippen molar-refractivity contribution in [1.29, 1.82) is 0 Å². The molecule has 2 aromatic carbocycles. The largest absolute Gasteiger partial charge is 0.295 e. The van der Waals surface area contributed by atoms with Crippen LogP contribution >= 0.6 is 22.1 Å². The molecule has 2 nitrogen and oxygen atoms in total. The Morgan fingerprint density at radius 3 is 1.35 bits per heavy atom. The lowest BCUT2D eigenvalue weighted by atomic mass is 10.1. The molecule has 0 fully saturated rings. The molecule has 2 atom stereocenters. The Kier molecular flexibility index (Phi) is 10.1. The highest BCUT2D eigenvalue weighted by Gasteiger charge is 2.13. The molecule has 0 saturated carbocycles. The molecule has 2 rings (SSSR count). The van der Waals surface area contributed by atoms with Gasteiger partial charge in [-0.25, -0.2) is 0 Å². The zero-order valence-electron chi connectivity index (χ0n) is 13.0. The molecule has 0 radical (unpaired) electrons. The Bertz CT molecular complexity index is 470. The van der Waals surface area contributed by atoms with Crippen molar-refractivity contribution < 1.29 is 8.37 Å².